The average molecular weight is 299 g/mol. The molecule has 1 unspecified atom stereocenters. The third-order valence-corrected chi connectivity index (χ3v) is 3.80. The molecule has 0 saturated carbocycles. The van der Waals surface area contributed by atoms with Gasteiger partial charge in [0.25, 0.3) is 5.69 Å². The maximum Gasteiger partial charge on any atom is 0.273 e. The number of nitrogens with zero attached hydrogens (tertiary/aromatic N) is 2. The van der Waals surface area contributed by atoms with Gasteiger partial charge in [-0.3, -0.25) is 10.1 Å². The summed E-state index contributed by atoms with van der Waals surface area (Å²) >= 11 is 3.31. The van der Waals surface area contributed by atoms with Crippen LogP contribution in [0.15, 0.2) is 18.2 Å². The maximum atomic E-state index is 10.8. The molecule has 2 rings (SSSR count). The third-order valence-electron chi connectivity index (χ3n) is 3.19. The van der Waals surface area contributed by atoms with Crippen molar-refractivity contribution < 1.29 is 4.92 Å². The number of hydrogen-bond acceptors (Lipinski definition) is 3. The fraction of sp³-hybridized carbons (Fsp3) is 0.500. The van der Waals surface area contributed by atoms with Gasteiger partial charge >= 0.3 is 0 Å². The van der Waals surface area contributed by atoms with Crippen LogP contribution in [0.1, 0.15) is 18.9 Å². The Balaban J connectivity index is 2.28. The Morgan fingerprint density at radius 3 is 2.88 bits per heavy atom. The number of alkyl halides is 1. The predicted molar refractivity (Wildman–Crippen MR) is 71.7 cm³/mol. The highest BCUT2D eigenvalue weighted by Crippen LogP contribution is 2.29. The fourth-order valence-corrected chi connectivity index (χ4v) is 2.67. The van der Waals surface area contributed by atoms with E-state index in [1.807, 2.05) is 12.1 Å². The van der Waals surface area contributed by atoms with E-state index in [0.29, 0.717) is 11.2 Å². The number of halogens is 1. The van der Waals surface area contributed by atoms with Crippen LogP contribution in [0.2, 0.25) is 0 Å². The van der Waals surface area contributed by atoms with Crippen LogP contribution < -0.4 is 4.90 Å². The molecule has 5 heteroatoms. The van der Waals surface area contributed by atoms with Gasteiger partial charge in [0.15, 0.2) is 0 Å². The average Bonchev–Trinajstić information content (AvgIpc) is 2.75. The second kappa shape index (κ2) is 5.04. The first-order valence-corrected chi connectivity index (χ1v) is 6.82. The fourth-order valence-electron chi connectivity index (χ4n) is 2.22. The van der Waals surface area contributed by atoms with Crippen LogP contribution in [0, 0.1) is 16.0 Å². The second-order valence-corrected chi connectivity index (χ2v) is 5.10. The Labute approximate surface area is 109 Å². The molecule has 1 heterocycles. The highest BCUT2D eigenvalue weighted by atomic mass is 79.9. The molecule has 1 fully saturated rings. The Morgan fingerprint density at radius 1 is 1.59 bits per heavy atom. The summed E-state index contributed by atoms with van der Waals surface area (Å²) in [6, 6.07) is 5.38. The Bertz CT molecular complexity index is 437. The molecule has 1 saturated heterocycles. The van der Waals surface area contributed by atoms with Gasteiger partial charge < -0.3 is 4.90 Å². The molecule has 1 aliphatic rings. The number of benzene rings is 1. The summed E-state index contributed by atoms with van der Waals surface area (Å²) in [7, 11) is 0. The maximum absolute atomic E-state index is 10.8. The van der Waals surface area contributed by atoms with Crippen LogP contribution in [-0.4, -0.2) is 18.0 Å². The molecule has 0 aromatic heterocycles. The van der Waals surface area contributed by atoms with Crippen molar-refractivity contribution in [3.63, 3.8) is 0 Å². The first-order chi connectivity index (χ1) is 8.11. The van der Waals surface area contributed by atoms with E-state index in [9.17, 15) is 10.1 Å². The number of nitro benzene ring substituents is 1. The van der Waals surface area contributed by atoms with Crippen LogP contribution in [-0.2, 0) is 5.33 Å². The molecule has 0 spiro atoms. The zero-order valence-electron chi connectivity index (χ0n) is 9.73. The molecule has 0 bridgehead atoms. The number of anilines is 1. The zero-order valence-corrected chi connectivity index (χ0v) is 11.3. The first kappa shape index (κ1) is 12.4. The molecule has 0 radical (unpaired) electrons. The van der Waals surface area contributed by atoms with E-state index in [1.54, 1.807) is 6.07 Å². The van der Waals surface area contributed by atoms with Gasteiger partial charge in [-0.2, -0.15) is 0 Å². The Kier molecular flexibility index (Phi) is 3.66. The summed E-state index contributed by atoms with van der Waals surface area (Å²) in [6.45, 7) is 4.32. The van der Waals surface area contributed by atoms with E-state index >= 15 is 0 Å². The van der Waals surface area contributed by atoms with Crippen LogP contribution in [0.4, 0.5) is 11.4 Å². The van der Waals surface area contributed by atoms with Gasteiger partial charge in [-0.05, 0) is 24.5 Å². The van der Waals surface area contributed by atoms with Crippen molar-refractivity contribution in [3.8, 4) is 0 Å². The van der Waals surface area contributed by atoms with Crippen LogP contribution in [0.25, 0.3) is 0 Å². The molecule has 1 aromatic rings. The molecule has 92 valence electrons. The SMILES string of the molecule is CC1CCN(c2ccc([N+](=O)[O-])c(CBr)c2)C1. The summed E-state index contributed by atoms with van der Waals surface area (Å²) in [5.41, 5.74) is 2.03. The zero-order chi connectivity index (χ0) is 12.4. The molecular weight excluding hydrogens is 284 g/mol. The molecule has 0 aliphatic carbocycles. The highest BCUT2D eigenvalue weighted by molar-refractivity contribution is 9.08. The summed E-state index contributed by atoms with van der Waals surface area (Å²) < 4.78 is 0. The van der Waals surface area contributed by atoms with Crippen LogP contribution >= 0.6 is 15.9 Å². The quantitative estimate of drug-likeness (QED) is 0.488. The van der Waals surface area contributed by atoms with E-state index in [4.69, 9.17) is 0 Å². The summed E-state index contributed by atoms with van der Waals surface area (Å²) in [5.74, 6) is 0.706. The lowest BCUT2D eigenvalue weighted by Crippen LogP contribution is -2.19. The topological polar surface area (TPSA) is 46.4 Å². The monoisotopic (exact) mass is 298 g/mol. The minimum atomic E-state index is -0.326. The number of rotatable bonds is 3. The minimum Gasteiger partial charge on any atom is -0.371 e. The van der Waals surface area contributed by atoms with Gasteiger partial charge in [-0.25, -0.2) is 0 Å². The first-order valence-electron chi connectivity index (χ1n) is 5.70. The van der Waals surface area contributed by atoms with Crippen molar-refractivity contribution in [1.29, 1.82) is 0 Å². The summed E-state index contributed by atoms with van der Waals surface area (Å²) in [6.07, 6.45) is 1.20. The number of hydrogen-bond donors (Lipinski definition) is 0. The molecule has 1 aliphatic heterocycles. The van der Waals surface area contributed by atoms with Gasteiger partial charge in [0.05, 0.1) is 4.92 Å². The van der Waals surface area contributed by atoms with Gasteiger partial charge in [-0.1, -0.05) is 22.9 Å². The molecule has 0 N–H and O–H groups in total. The lowest BCUT2D eigenvalue weighted by atomic mass is 10.1. The van der Waals surface area contributed by atoms with Crippen molar-refractivity contribution in [2.45, 2.75) is 18.7 Å². The van der Waals surface area contributed by atoms with Gasteiger partial charge in [0, 0.05) is 35.7 Å². The Morgan fingerprint density at radius 2 is 2.35 bits per heavy atom. The molecular formula is C12H15BrN2O2. The highest BCUT2D eigenvalue weighted by Gasteiger charge is 2.21. The van der Waals surface area contributed by atoms with Gasteiger partial charge in [0.2, 0.25) is 0 Å². The van der Waals surface area contributed by atoms with Crippen LogP contribution in [0.3, 0.4) is 0 Å². The largest absolute Gasteiger partial charge is 0.371 e. The van der Waals surface area contributed by atoms with E-state index < -0.39 is 0 Å². The molecule has 1 atom stereocenters. The van der Waals surface area contributed by atoms with Crippen molar-refractivity contribution in [2.24, 2.45) is 5.92 Å². The van der Waals surface area contributed by atoms with Crippen molar-refractivity contribution in [2.75, 3.05) is 18.0 Å². The van der Waals surface area contributed by atoms with E-state index in [2.05, 4.69) is 27.8 Å². The molecule has 1 aromatic carbocycles. The smallest absolute Gasteiger partial charge is 0.273 e. The van der Waals surface area contributed by atoms with E-state index in [0.717, 1.165) is 24.3 Å². The van der Waals surface area contributed by atoms with Crippen LogP contribution in [0.5, 0.6) is 0 Å². The predicted octanol–water partition coefficient (Wildman–Crippen LogP) is 3.34. The standard InChI is InChI=1S/C12H15BrN2O2/c1-9-4-5-14(8-9)11-2-3-12(15(16)17)10(6-11)7-13/h2-3,6,9H,4-5,7-8H2,1H3. The second-order valence-electron chi connectivity index (χ2n) is 4.54. The number of nitro groups is 1. The normalized spacial score (nSPS) is 19.6. The minimum absolute atomic E-state index is 0.192. The molecule has 0 amide bonds. The third kappa shape index (κ3) is 2.60. The summed E-state index contributed by atoms with van der Waals surface area (Å²) in [5, 5.41) is 11.4. The van der Waals surface area contributed by atoms with E-state index in [1.165, 1.54) is 6.42 Å². The lowest BCUT2D eigenvalue weighted by Gasteiger charge is -2.18. The van der Waals surface area contributed by atoms with Crippen molar-refractivity contribution in [1.82, 2.24) is 0 Å². The summed E-state index contributed by atoms with van der Waals surface area (Å²) in [4.78, 5) is 12.8. The van der Waals surface area contributed by atoms with Crippen molar-refractivity contribution in [3.05, 3.63) is 33.9 Å². The lowest BCUT2D eigenvalue weighted by molar-refractivity contribution is -0.385. The van der Waals surface area contributed by atoms with Gasteiger partial charge in [0.1, 0.15) is 0 Å². The molecule has 4 nitrogen and oxygen atoms in total. The molecule has 17 heavy (non-hydrogen) atoms. The van der Waals surface area contributed by atoms with Crippen molar-refractivity contribution >= 4 is 27.3 Å². The Hall–Kier alpha value is -1.10. The van der Waals surface area contributed by atoms with Gasteiger partial charge in [-0.15, -0.1) is 0 Å². The van der Waals surface area contributed by atoms with E-state index in [-0.39, 0.29) is 10.6 Å².